The van der Waals surface area contributed by atoms with Crippen molar-refractivity contribution in [3.05, 3.63) is 17.7 Å². The highest BCUT2D eigenvalue weighted by Crippen LogP contribution is 2.34. The molecule has 0 saturated carbocycles. The average molecular weight is 373 g/mol. The molecule has 0 spiro atoms. The van der Waals surface area contributed by atoms with Crippen LogP contribution in [-0.2, 0) is 0 Å². The van der Waals surface area contributed by atoms with E-state index in [4.69, 9.17) is 15.6 Å². The Morgan fingerprint density at radius 2 is 1.96 bits per heavy atom. The van der Waals surface area contributed by atoms with E-state index in [-0.39, 0.29) is 36.8 Å². The Labute approximate surface area is 146 Å². The standard InChI is InChI=1S/C15H18F3N5O3/c1-8-6-10(9(7-11(8)26)20-2-4-24)21-12-13(15(16,17)18)22-23(3-5-25)14(12)19/h6-7,19-20,24-26H,2-5H2,1H3. The molecule has 1 aliphatic rings. The Balaban J connectivity index is 2.54. The molecule has 2 rings (SSSR count). The van der Waals surface area contributed by atoms with Crippen LogP contribution in [0, 0.1) is 12.3 Å². The molecule has 0 unspecified atom stereocenters. The smallest absolute Gasteiger partial charge is 0.437 e. The van der Waals surface area contributed by atoms with Gasteiger partial charge in [-0.25, -0.2) is 10.0 Å². The number of hydrogen-bond donors (Lipinski definition) is 5. The second-order valence-electron chi connectivity index (χ2n) is 5.41. The molecule has 0 aromatic heterocycles. The van der Waals surface area contributed by atoms with E-state index < -0.39 is 30.0 Å². The fourth-order valence-corrected chi connectivity index (χ4v) is 2.23. The molecule has 0 aliphatic carbocycles. The molecule has 1 aliphatic heterocycles. The Bertz CT molecular complexity index is 762. The molecule has 0 radical (unpaired) electrons. The number of aryl methyl sites for hydroxylation is 1. The molecule has 1 aromatic rings. The number of halogens is 3. The third-order valence-corrected chi connectivity index (χ3v) is 3.48. The topological polar surface area (TPSA) is 125 Å². The first-order valence-electron chi connectivity index (χ1n) is 7.59. The molecule has 5 N–H and O–H groups in total. The number of aliphatic imine (C=N–C) groups is 1. The van der Waals surface area contributed by atoms with Crippen molar-refractivity contribution < 1.29 is 28.5 Å². The highest BCUT2D eigenvalue weighted by atomic mass is 19.4. The molecule has 142 valence electrons. The predicted octanol–water partition coefficient (Wildman–Crippen LogP) is 1.38. The predicted molar refractivity (Wildman–Crippen MR) is 90.5 cm³/mol. The summed E-state index contributed by atoms with van der Waals surface area (Å²) in [6.45, 7) is 0.647. The monoisotopic (exact) mass is 373 g/mol. The van der Waals surface area contributed by atoms with Crippen molar-refractivity contribution in [2.24, 2.45) is 10.1 Å². The fourth-order valence-electron chi connectivity index (χ4n) is 2.23. The van der Waals surface area contributed by atoms with Crippen molar-refractivity contribution in [1.82, 2.24) is 5.01 Å². The van der Waals surface area contributed by atoms with Gasteiger partial charge in [0.2, 0.25) is 0 Å². The van der Waals surface area contributed by atoms with Crippen LogP contribution in [0.25, 0.3) is 0 Å². The molecule has 1 aromatic carbocycles. The molecular weight excluding hydrogens is 355 g/mol. The number of hydrazone groups is 1. The molecule has 26 heavy (non-hydrogen) atoms. The van der Waals surface area contributed by atoms with Crippen LogP contribution in [0.3, 0.4) is 0 Å². The van der Waals surface area contributed by atoms with Crippen LogP contribution in [0.4, 0.5) is 24.5 Å². The number of amidine groups is 1. The Morgan fingerprint density at radius 3 is 2.54 bits per heavy atom. The summed E-state index contributed by atoms with van der Waals surface area (Å²) < 4.78 is 39.8. The minimum atomic E-state index is -4.83. The van der Waals surface area contributed by atoms with E-state index in [1.807, 2.05) is 0 Å². The van der Waals surface area contributed by atoms with Crippen LogP contribution in [0.2, 0.25) is 0 Å². The van der Waals surface area contributed by atoms with E-state index in [1.165, 1.54) is 12.1 Å². The minimum Gasteiger partial charge on any atom is -0.508 e. The Hall–Kier alpha value is -2.66. The summed E-state index contributed by atoms with van der Waals surface area (Å²) in [7, 11) is 0. The van der Waals surface area contributed by atoms with Gasteiger partial charge in [-0.05, 0) is 18.6 Å². The molecular formula is C15H18F3N5O3. The maximum Gasteiger partial charge on any atom is 0.437 e. The van der Waals surface area contributed by atoms with Crippen LogP contribution in [-0.4, -0.2) is 70.1 Å². The number of aliphatic hydroxyl groups excluding tert-OH is 2. The number of β-amino-alcohol motifs (C(OH)–C–C–N with tert-alkyl or cyclic N) is 1. The molecule has 0 atom stereocenters. The number of hydrogen-bond acceptors (Lipinski definition) is 7. The van der Waals surface area contributed by atoms with Crippen LogP contribution in [0.5, 0.6) is 5.75 Å². The molecule has 0 fully saturated rings. The molecule has 0 amide bonds. The zero-order chi connectivity index (χ0) is 19.5. The summed E-state index contributed by atoms with van der Waals surface area (Å²) in [4.78, 5) is 3.94. The molecule has 1 heterocycles. The van der Waals surface area contributed by atoms with Crippen molar-refractivity contribution in [3.8, 4) is 5.75 Å². The van der Waals surface area contributed by atoms with E-state index in [0.29, 0.717) is 5.56 Å². The van der Waals surface area contributed by atoms with Gasteiger partial charge in [0.25, 0.3) is 0 Å². The van der Waals surface area contributed by atoms with Gasteiger partial charge in [0.1, 0.15) is 11.5 Å². The number of phenols is 1. The SMILES string of the molecule is Cc1cc(N=C2C(=N)N(CCO)N=C2C(F)(F)F)c(NCCO)cc1O. The van der Waals surface area contributed by atoms with Gasteiger partial charge < -0.3 is 20.6 Å². The highest BCUT2D eigenvalue weighted by molar-refractivity contribution is 6.70. The lowest BCUT2D eigenvalue weighted by atomic mass is 10.1. The lowest BCUT2D eigenvalue weighted by molar-refractivity contribution is -0.0571. The quantitative estimate of drug-likeness (QED) is 0.515. The van der Waals surface area contributed by atoms with Crippen molar-refractivity contribution in [3.63, 3.8) is 0 Å². The van der Waals surface area contributed by atoms with Gasteiger partial charge in [0, 0.05) is 12.6 Å². The minimum absolute atomic E-state index is 0.0521. The van der Waals surface area contributed by atoms with Gasteiger partial charge in [0.15, 0.2) is 11.5 Å². The summed E-state index contributed by atoms with van der Waals surface area (Å²) in [5, 5.41) is 42.3. The number of phenolic OH excluding ortho intramolecular Hbond substituents is 1. The number of benzene rings is 1. The number of aromatic hydroxyl groups is 1. The summed E-state index contributed by atoms with van der Waals surface area (Å²) in [6, 6.07) is 2.64. The normalized spacial score (nSPS) is 16.4. The first kappa shape index (κ1) is 19.7. The van der Waals surface area contributed by atoms with Crippen molar-refractivity contribution in [2.75, 3.05) is 31.6 Å². The van der Waals surface area contributed by atoms with Crippen LogP contribution >= 0.6 is 0 Å². The Morgan fingerprint density at radius 1 is 1.27 bits per heavy atom. The average Bonchev–Trinajstić information content (AvgIpc) is 2.87. The third-order valence-electron chi connectivity index (χ3n) is 3.48. The summed E-state index contributed by atoms with van der Waals surface area (Å²) in [6.07, 6.45) is -4.83. The second-order valence-corrected chi connectivity index (χ2v) is 5.41. The van der Waals surface area contributed by atoms with Crippen LogP contribution in [0.15, 0.2) is 22.2 Å². The van der Waals surface area contributed by atoms with E-state index in [2.05, 4.69) is 15.4 Å². The Kier molecular flexibility index (Phi) is 5.83. The van der Waals surface area contributed by atoms with Gasteiger partial charge in [-0.15, -0.1) is 0 Å². The summed E-state index contributed by atoms with van der Waals surface area (Å²) >= 11 is 0. The number of rotatable bonds is 6. The number of nitrogens with zero attached hydrogens (tertiary/aromatic N) is 3. The zero-order valence-corrected chi connectivity index (χ0v) is 13.8. The second kappa shape index (κ2) is 7.70. The van der Waals surface area contributed by atoms with Crippen molar-refractivity contribution in [2.45, 2.75) is 13.1 Å². The van der Waals surface area contributed by atoms with Crippen molar-refractivity contribution in [1.29, 1.82) is 5.41 Å². The number of alkyl halides is 3. The zero-order valence-electron chi connectivity index (χ0n) is 13.8. The summed E-state index contributed by atoms with van der Waals surface area (Å²) in [5.41, 5.74) is -1.40. The fraction of sp³-hybridized carbons (Fsp3) is 0.400. The molecule has 0 bridgehead atoms. The maximum atomic E-state index is 13.3. The van der Waals surface area contributed by atoms with Crippen LogP contribution in [0.1, 0.15) is 5.56 Å². The lowest BCUT2D eigenvalue weighted by Gasteiger charge is -2.13. The van der Waals surface area contributed by atoms with Gasteiger partial charge in [-0.1, -0.05) is 0 Å². The first-order chi connectivity index (χ1) is 12.2. The van der Waals surface area contributed by atoms with Crippen LogP contribution < -0.4 is 5.32 Å². The molecule has 8 nitrogen and oxygen atoms in total. The van der Waals surface area contributed by atoms with E-state index in [0.717, 1.165) is 5.01 Å². The summed E-state index contributed by atoms with van der Waals surface area (Å²) in [5.74, 6) is -0.687. The molecule has 11 heteroatoms. The van der Waals surface area contributed by atoms with Crippen molar-refractivity contribution >= 4 is 28.6 Å². The first-order valence-corrected chi connectivity index (χ1v) is 7.59. The van der Waals surface area contributed by atoms with Gasteiger partial charge >= 0.3 is 6.18 Å². The third kappa shape index (κ3) is 4.11. The lowest BCUT2D eigenvalue weighted by Crippen LogP contribution is -2.33. The number of nitrogens with one attached hydrogen (secondary N) is 2. The van der Waals surface area contributed by atoms with Gasteiger partial charge in [-0.2, -0.15) is 18.3 Å². The number of aliphatic hydroxyl groups is 2. The van der Waals surface area contributed by atoms with Gasteiger partial charge in [-0.3, -0.25) is 5.41 Å². The molecule has 0 saturated heterocycles. The van der Waals surface area contributed by atoms with E-state index in [1.54, 1.807) is 6.92 Å². The van der Waals surface area contributed by atoms with E-state index in [9.17, 15) is 18.3 Å². The van der Waals surface area contributed by atoms with E-state index >= 15 is 0 Å². The number of anilines is 1. The highest BCUT2D eigenvalue weighted by Gasteiger charge is 2.46. The van der Waals surface area contributed by atoms with Gasteiger partial charge in [0.05, 0.1) is 31.1 Å². The largest absolute Gasteiger partial charge is 0.508 e. The maximum absolute atomic E-state index is 13.3.